The van der Waals surface area contributed by atoms with Crippen LogP contribution in [-0.2, 0) is 13.6 Å². The normalized spacial score (nSPS) is 21.8. The van der Waals surface area contributed by atoms with Crippen LogP contribution < -0.4 is 5.32 Å². The summed E-state index contributed by atoms with van der Waals surface area (Å²) in [6.45, 7) is 13.3. The molecule has 17 heavy (non-hydrogen) atoms. The molecule has 1 fully saturated rings. The van der Waals surface area contributed by atoms with Gasteiger partial charge in [-0.15, -0.1) is 10.2 Å². The highest BCUT2D eigenvalue weighted by atomic mass is 15.3. The molecule has 0 aliphatic heterocycles. The first kappa shape index (κ1) is 12.6. The van der Waals surface area contributed by atoms with Crippen molar-refractivity contribution in [2.45, 2.75) is 41.2 Å². The lowest BCUT2D eigenvalue weighted by molar-refractivity contribution is 0.457. The van der Waals surface area contributed by atoms with E-state index in [4.69, 9.17) is 0 Å². The standard InChI is InChI=1S/C13H24N4/c1-9-15-16-11(17(9)6)8-14-7-10-12(2,3)13(10,4)5/h10,14H,7-8H2,1-6H3. The topological polar surface area (TPSA) is 42.7 Å². The number of nitrogens with zero attached hydrogens (tertiary/aromatic N) is 3. The molecule has 0 bridgehead atoms. The molecule has 1 saturated carbocycles. The van der Waals surface area contributed by atoms with Crippen LogP contribution in [0, 0.1) is 23.7 Å². The van der Waals surface area contributed by atoms with Crippen LogP contribution in [0.25, 0.3) is 0 Å². The van der Waals surface area contributed by atoms with Gasteiger partial charge in [0.2, 0.25) is 0 Å². The number of rotatable bonds is 4. The van der Waals surface area contributed by atoms with Gasteiger partial charge in [-0.1, -0.05) is 27.7 Å². The van der Waals surface area contributed by atoms with Gasteiger partial charge < -0.3 is 9.88 Å². The van der Waals surface area contributed by atoms with Gasteiger partial charge in [-0.05, 0) is 30.2 Å². The Morgan fingerprint density at radius 2 is 1.76 bits per heavy atom. The molecule has 1 aromatic heterocycles. The number of hydrogen-bond acceptors (Lipinski definition) is 3. The molecule has 0 atom stereocenters. The highest BCUT2D eigenvalue weighted by Crippen LogP contribution is 2.67. The van der Waals surface area contributed by atoms with E-state index in [1.54, 1.807) is 0 Å². The molecule has 0 amide bonds. The van der Waals surface area contributed by atoms with Crippen LogP contribution in [-0.4, -0.2) is 21.3 Å². The molecule has 0 spiro atoms. The molecule has 1 aliphatic carbocycles. The van der Waals surface area contributed by atoms with Crippen molar-refractivity contribution in [1.82, 2.24) is 20.1 Å². The summed E-state index contributed by atoms with van der Waals surface area (Å²) < 4.78 is 2.04. The van der Waals surface area contributed by atoms with Gasteiger partial charge in [0, 0.05) is 7.05 Å². The van der Waals surface area contributed by atoms with E-state index < -0.39 is 0 Å². The van der Waals surface area contributed by atoms with Crippen molar-refractivity contribution in [3.05, 3.63) is 11.6 Å². The average Bonchev–Trinajstić information content (AvgIpc) is 2.51. The Labute approximate surface area is 104 Å². The fourth-order valence-electron chi connectivity index (χ4n) is 2.78. The minimum atomic E-state index is 0.454. The van der Waals surface area contributed by atoms with Crippen molar-refractivity contribution in [3.8, 4) is 0 Å². The van der Waals surface area contributed by atoms with Gasteiger partial charge >= 0.3 is 0 Å². The van der Waals surface area contributed by atoms with Crippen LogP contribution in [0.3, 0.4) is 0 Å². The highest BCUT2D eigenvalue weighted by Gasteiger charge is 2.63. The van der Waals surface area contributed by atoms with Gasteiger partial charge in [-0.25, -0.2) is 0 Å². The predicted octanol–water partition coefficient (Wildman–Crippen LogP) is 1.90. The van der Waals surface area contributed by atoms with Gasteiger partial charge in [0.25, 0.3) is 0 Å². The van der Waals surface area contributed by atoms with Crippen LogP contribution >= 0.6 is 0 Å². The number of aryl methyl sites for hydroxylation is 1. The van der Waals surface area contributed by atoms with Crippen LogP contribution in [0.5, 0.6) is 0 Å². The monoisotopic (exact) mass is 236 g/mol. The third-order valence-electron chi connectivity index (χ3n) is 5.13. The maximum absolute atomic E-state index is 4.16. The summed E-state index contributed by atoms with van der Waals surface area (Å²) in [5.41, 5.74) is 0.908. The molecular formula is C13H24N4. The van der Waals surface area contributed by atoms with Gasteiger partial charge in [0.1, 0.15) is 11.6 Å². The molecule has 96 valence electrons. The van der Waals surface area contributed by atoms with Crippen molar-refractivity contribution >= 4 is 0 Å². The third-order valence-corrected chi connectivity index (χ3v) is 5.13. The SMILES string of the molecule is Cc1nnc(CNCC2C(C)(C)C2(C)C)n1C. The molecule has 0 unspecified atom stereocenters. The largest absolute Gasteiger partial charge is 0.317 e. The molecule has 4 nitrogen and oxygen atoms in total. The summed E-state index contributed by atoms with van der Waals surface area (Å²) >= 11 is 0. The Kier molecular flexibility index (Phi) is 2.81. The zero-order chi connectivity index (χ0) is 12.8. The van der Waals surface area contributed by atoms with E-state index in [1.807, 2.05) is 18.5 Å². The zero-order valence-electron chi connectivity index (χ0n) is 11.8. The minimum Gasteiger partial charge on any atom is -0.317 e. The summed E-state index contributed by atoms with van der Waals surface area (Å²) in [6, 6.07) is 0. The Bertz CT molecular complexity index is 403. The smallest absolute Gasteiger partial charge is 0.146 e. The second-order valence-corrected chi connectivity index (χ2v) is 6.35. The molecule has 1 aliphatic rings. The maximum Gasteiger partial charge on any atom is 0.146 e. The lowest BCUT2D eigenvalue weighted by Gasteiger charge is -2.05. The average molecular weight is 236 g/mol. The number of aromatic nitrogens is 3. The van der Waals surface area contributed by atoms with Crippen LogP contribution in [0.1, 0.15) is 39.3 Å². The van der Waals surface area contributed by atoms with E-state index >= 15 is 0 Å². The quantitative estimate of drug-likeness (QED) is 0.868. The first-order valence-corrected chi connectivity index (χ1v) is 6.34. The summed E-state index contributed by atoms with van der Waals surface area (Å²) in [7, 11) is 2.01. The molecule has 0 aromatic carbocycles. The lowest BCUT2D eigenvalue weighted by Crippen LogP contribution is -2.21. The third kappa shape index (κ3) is 1.88. The van der Waals surface area contributed by atoms with Gasteiger partial charge in [-0.2, -0.15) is 0 Å². The Balaban J connectivity index is 1.84. The lowest BCUT2D eigenvalue weighted by atomic mass is 10.0. The van der Waals surface area contributed by atoms with E-state index in [0.29, 0.717) is 10.8 Å². The summed E-state index contributed by atoms with van der Waals surface area (Å²) in [5.74, 6) is 2.73. The molecule has 1 heterocycles. The Morgan fingerprint density at radius 1 is 1.18 bits per heavy atom. The molecule has 4 heteroatoms. The van der Waals surface area contributed by atoms with E-state index in [0.717, 1.165) is 30.7 Å². The van der Waals surface area contributed by atoms with Crippen molar-refractivity contribution in [3.63, 3.8) is 0 Å². The van der Waals surface area contributed by atoms with E-state index in [1.165, 1.54) is 0 Å². The first-order chi connectivity index (χ1) is 7.78. The fraction of sp³-hybridized carbons (Fsp3) is 0.846. The Morgan fingerprint density at radius 3 is 2.18 bits per heavy atom. The van der Waals surface area contributed by atoms with E-state index in [-0.39, 0.29) is 0 Å². The molecule has 1 aromatic rings. The van der Waals surface area contributed by atoms with Crippen molar-refractivity contribution < 1.29 is 0 Å². The van der Waals surface area contributed by atoms with Crippen molar-refractivity contribution in [1.29, 1.82) is 0 Å². The second kappa shape index (κ2) is 3.80. The second-order valence-electron chi connectivity index (χ2n) is 6.35. The molecule has 0 saturated heterocycles. The molecule has 2 rings (SSSR count). The first-order valence-electron chi connectivity index (χ1n) is 6.34. The number of nitrogens with one attached hydrogen (secondary N) is 1. The van der Waals surface area contributed by atoms with E-state index in [2.05, 4.69) is 43.2 Å². The van der Waals surface area contributed by atoms with Gasteiger partial charge in [0.15, 0.2) is 0 Å². The zero-order valence-corrected chi connectivity index (χ0v) is 11.8. The molecular weight excluding hydrogens is 212 g/mol. The van der Waals surface area contributed by atoms with Crippen LogP contribution in [0.2, 0.25) is 0 Å². The maximum atomic E-state index is 4.16. The van der Waals surface area contributed by atoms with Gasteiger partial charge in [-0.3, -0.25) is 0 Å². The Hall–Kier alpha value is -0.900. The van der Waals surface area contributed by atoms with Crippen molar-refractivity contribution in [2.24, 2.45) is 23.8 Å². The minimum absolute atomic E-state index is 0.454. The van der Waals surface area contributed by atoms with Gasteiger partial charge in [0.05, 0.1) is 6.54 Å². The number of hydrogen-bond donors (Lipinski definition) is 1. The van der Waals surface area contributed by atoms with E-state index in [9.17, 15) is 0 Å². The molecule has 0 radical (unpaired) electrons. The van der Waals surface area contributed by atoms with Crippen LogP contribution in [0.15, 0.2) is 0 Å². The fourth-order valence-corrected chi connectivity index (χ4v) is 2.78. The van der Waals surface area contributed by atoms with Crippen molar-refractivity contribution in [2.75, 3.05) is 6.54 Å². The predicted molar refractivity (Wildman–Crippen MR) is 68.5 cm³/mol. The van der Waals surface area contributed by atoms with Crippen LogP contribution in [0.4, 0.5) is 0 Å². The summed E-state index contributed by atoms with van der Waals surface area (Å²) in [5, 5.41) is 11.7. The summed E-state index contributed by atoms with van der Waals surface area (Å²) in [4.78, 5) is 0. The molecule has 1 N–H and O–H groups in total. The summed E-state index contributed by atoms with van der Waals surface area (Å²) in [6.07, 6.45) is 0. The highest BCUT2D eigenvalue weighted by molar-refractivity contribution is 5.12.